The fourth-order valence-corrected chi connectivity index (χ4v) is 1.70. The maximum absolute atomic E-state index is 5.71. The lowest BCUT2D eigenvalue weighted by Crippen LogP contribution is -2.21. The van der Waals surface area contributed by atoms with Gasteiger partial charge in [0.05, 0.1) is 25.6 Å². The van der Waals surface area contributed by atoms with Gasteiger partial charge in [-0.25, -0.2) is 0 Å². The van der Waals surface area contributed by atoms with E-state index in [1.165, 1.54) is 0 Å². The Labute approximate surface area is 92.4 Å². The van der Waals surface area contributed by atoms with Crippen LogP contribution in [0.1, 0.15) is 39.5 Å². The summed E-state index contributed by atoms with van der Waals surface area (Å²) in [6, 6.07) is 0. The molecule has 1 rings (SSSR count). The minimum atomic E-state index is -0.388. The van der Waals surface area contributed by atoms with Crippen LogP contribution in [0, 0.1) is 0 Å². The molecule has 1 unspecified atom stereocenters. The van der Waals surface area contributed by atoms with Gasteiger partial charge in [-0.1, -0.05) is 13.0 Å². The van der Waals surface area contributed by atoms with E-state index >= 15 is 0 Å². The Hall–Kier alpha value is -0.540. The summed E-state index contributed by atoms with van der Waals surface area (Å²) in [4.78, 5) is 0. The average molecular weight is 214 g/mol. The maximum atomic E-state index is 5.71. The molecule has 0 saturated carbocycles. The van der Waals surface area contributed by atoms with E-state index in [0.717, 1.165) is 38.0 Å². The van der Waals surface area contributed by atoms with Crippen molar-refractivity contribution in [3.05, 3.63) is 12.3 Å². The number of hydrogen-bond donors (Lipinski definition) is 0. The van der Waals surface area contributed by atoms with Crippen molar-refractivity contribution in [3.63, 3.8) is 0 Å². The van der Waals surface area contributed by atoms with Crippen LogP contribution in [0.5, 0.6) is 0 Å². The van der Waals surface area contributed by atoms with Crippen LogP contribution in [-0.2, 0) is 14.2 Å². The molecule has 1 aliphatic rings. The Balaban J connectivity index is 2.04. The third-order valence-corrected chi connectivity index (χ3v) is 2.59. The Morgan fingerprint density at radius 1 is 1.47 bits per heavy atom. The summed E-state index contributed by atoms with van der Waals surface area (Å²) < 4.78 is 16.2. The molecule has 0 aromatic heterocycles. The molecule has 0 amide bonds. The van der Waals surface area contributed by atoms with E-state index in [1.54, 1.807) is 7.11 Å². The summed E-state index contributed by atoms with van der Waals surface area (Å²) in [5.74, 6) is 0.472. The van der Waals surface area contributed by atoms with Crippen molar-refractivity contribution >= 4 is 0 Å². The zero-order chi connectivity index (χ0) is 11.3. The van der Waals surface area contributed by atoms with Gasteiger partial charge < -0.3 is 14.2 Å². The van der Waals surface area contributed by atoms with Gasteiger partial charge in [-0.05, 0) is 26.7 Å². The molecule has 1 saturated heterocycles. The van der Waals surface area contributed by atoms with Crippen LogP contribution in [0.2, 0.25) is 0 Å². The van der Waals surface area contributed by atoms with Crippen molar-refractivity contribution < 1.29 is 14.2 Å². The monoisotopic (exact) mass is 214 g/mol. The summed E-state index contributed by atoms with van der Waals surface area (Å²) in [6.45, 7) is 8.42. The zero-order valence-corrected chi connectivity index (χ0v) is 10.0. The summed E-state index contributed by atoms with van der Waals surface area (Å²) in [5.41, 5.74) is 0. The van der Waals surface area contributed by atoms with E-state index in [-0.39, 0.29) is 11.9 Å². The average Bonchev–Trinajstić information content (AvgIpc) is 2.52. The summed E-state index contributed by atoms with van der Waals surface area (Å²) in [7, 11) is 1.67. The number of hydrogen-bond acceptors (Lipinski definition) is 3. The van der Waals surface area contributed by atoms with Gasteiger partial charge in [0.15, 0.2) is 5.79 Å². The molecule has 1 aliphatic heterocycles. The molecule has 88 valence electrons. The number of allylic oxidation sites excluding steroid dienone is 1. The van der Waals surface area contributed by atoms with Gasteiger partial charge in [0.2, 0.25) is 0 Å². The molecule has 1 atom stereocenters. The predicted molar refractivity (Wildman–Crippen MR) is 59.5 cm³/mol. The molecule has 0 aliphatic carbocycles. The van der Waals surface area contributed by atoms with Gasteiger partial charge >= 0.3 is 0 Å². The molecule has 0 radical (unpaired) electrons. The smallest absolute Gasteiger partial charge is 0.163 e. The number of unbranched alkanes of at least 4 members (excludes halogenated alkanes) is 1. The maximum Gasteiger partial charge on any atom is 0.163 e. The van der Waals surface area contributed by atoms with Gasteiger partial charge in [-0.2, -0.15) is 0 Å². The van der Waals surface area contributed by atoms with Crippen LogP contribution in [0.15, 0.2) is 12.3 Å². The van der Waals surface area contributed by atoms with E-state index < -0.39 is 0 Å². The van der Waals surface area contributed by atoms with Crippen molar-refractivity contribution in [2.45, 2.75) is 51.4 Å². The van der Waals surface area contributed by atoms with Crippen molar-refractivity contribution in [2.24, 2.45) is 0 Å². The second-order valence-electron chi connectivity index (χ2n) is 4.44. The summed E-state index contributed by atoms with van der Waals surface area (Å²) >= 11 is 0. The second-order valence-corrected chi connectivity index (χ2v) is 4.44. The molecular weight excluding hydrogens is 192 g/mol. The highest BCUT2D eigenvalue weighted by Gasteiger charge is 2.31. The first kappa shape index (κ1) is 12.5. The minimum absolute atomic E-state index is 0.260. The van der Waals surface area contributed by atoms with E-state index in [2.05, 4.69) is 6.58 Å². The lowest BCUT2D eigenvalue weighted by atomic mass is 10.1. The largest absolute Gasteiger partial charge is 0.502 e. The highest BCUT2D eigenvalue weighted by atomic mass is 16.7. The number of rotatable bonds is 6. The first-order valence-electron chi connectivity index (χ1n) is 5.57. The van der Waals surface area contributed by atoms with Crippen LogP contribution in [0.25, 0.3) is 0 Å². The molecule has 3 heteroatoms. The SMILES string of the molecule is C=C(CCCCC1COC(C)(C)O1)OC. The van der Waals surface area contributed by atoms with E-state index in [0.29, 0.717) is 0 Å². The summed E-state index contributed by atoms with van der Waals surface area (Å²) in [5, 5.41) is 0. The molecule has 1 fully saturated rings. The zero-order valence-electron chi connectivity index (χ0n) is 10.0. The second kappa shape index (κ2) is 5.52. The van der Waals surface area contributed by atoms with Crippen LogP contribution in [0.3, 0.4) is 0 Å². The lowest BCUT2D eigenvalue weighted by molar-refractivity contribution is -0.139. The van der Waals surface area contributed by atoms with Crippen LogP contribution in [-0.4, -0.2) is 25.6 Å². The minimum Gasteiger partial charge on any atom is -0.502 e. The van der Waals surface area contributed by atoms with Crippen molar-refractivity contribution in [2.75, 3.05) is 13.7 Å². The lowest BCUT2D eigenvalue weighted by Gasteiger charge is -2.16. The first-order chi connectivity index (χ1) is 7.03. The standard InChI is InChI=1S/C12H22O3/c1-10(13-4)7-5-6-8-11-9-14-12(2,3)15-11/h11H,1,5-9H2,2-4H3. The third-order valence-electron chi connectivity index (χ3n) is 2.59. The highest BCUT2D eigenvalue weighted by molar-refractivity contribution is 4.81. The third kappa shape index (κ3) is 4.67. The van der Waals surface area contributed by atoms with Crippen molar-refractivity contribution in [3.8, 4) is 0 Å². The van der Waals surface area contributed by atoms with Gasteiger partial charge in [-0.3, -0.25) is 0 Å². The normalized spacial score (nSPS) is 24.1. The van der Waals surface area contributed by atoms with Crippen molar-refractivity contribution in [1.82, 2.24) is 0 Å². The van der Waals surface area contributed by atoms with Crippen LogP contribution in [0.4, 0.5) is 0 Å². The molecule has 0 aromatic carbocycles. The van der Waals surface area contributed by atoms with E-state index in [4.69, 9.17) is 14.2 Å². The van der Waals surface area contributed by atoms with Crippen molar-refractivity contribution in [1.29, 1.82) is 0 Å². The number of ether oxygens (including phenoxy) is 3. The van der Waals surface area contributed by atoms with E-state index in [9.17, 15) is 0 Å². The summed E-state index contributed by atoms with van der Waals surface area (Å²) in [6.07, 6.45) is 4.49. The topological polar surface area (TPSA) is 27.7 Å². The predicted octanol–water partition coefficient (Wildman–Crippen LogP) is 2.86. The van der Waals surface area contributed by atoms with Gasteiger partial charge in [0.25, 0.3) is 0 Å². The quantitative estimate of drug-likeness (QED) is 0.502. The fraction of sp³-hybridized carbons (Fsp3) is 0.833. The molecule has 0 aromatic rings. The van der Waals surface area contributed by atoms with E-state index in [1.807, 2.05) is 13.8 Å². The van der Waals surface area contributed by atoms with Crippen LogP contribution < -0.4 is 0 Å². The fourth-order valence-electron chi connectivity index (χ4n) is 1.70. The Morgan fingerprint density at radius 2 is 2.20 bits per heavy atom. The molecular formula is C12H22O3. The van der Waals surface area contributed by atoms with Crippen LogP contribution >= 0.6 is 0 Å². The molecule has 15 heavy (non-hydrogen) atoms. The Kier molecular flexibility index (Phi) is 4.61. The number of methoxy groups -OCH3 is 1. The van der Waals surface area contributed by atoms with Gasteiger partial charge in [0, 0.05) is 6.42 Å². The first-order valence-corrected chi connectivity index (χ1v) is 5.57. The Bertz CT molecular complexity index is 211. The molecule has 3 nitrogen and oxygen atoms in total. The Morgan fingerprint density at radius 3 is 2.73 bits per heavy atom. The molecule has 1 heterocycles. The molecule has 0 N–H and O–H groups in total. The molecule has 0 bridgehead atoms. The van der Waals surface area contributed by atoms with Gasteiger partial charge in [-0.15, -0.1) is 0 Å². The van der Waals surface area contributed by atoms with Gasteiger partial charge in [0.1, 0.15) is 0 Å². The highest BCUT2D eigenvalue weighted by Crippen LogP contribution is 2.25. The molecule has 0 spiro atoms.